The molecule has 0 saturated heterocycles. The maximum Gasteiger partial charge on any atom is 0.210 e. The molecule has 0 N–H and O–H groups in total. The normalized spacial score (nSPS) is 12.2. The largest absolute Gasteiger partial charge is 0.210 e. The Labute approximate surface area is 218 Å². The van der Waals surface area contributed by atoms with E-state index in [9.17, 15) is 0 Å². The summed E-state index contributed by atoms with van der Waals surface area (Å²) in [5.74, 6) is 18.3. The lowest BCUT2D eigenvalue weighted by atomic mass is 9.89. The molecule has 0 fully saturated rings. The fraction of sp³-hybridized carbons (Fsp3) is 0.742. The van der Waals surface area contributed by atoms with Crippen molar-refractivity contribution >= 4 is 24.2 Å². The van der Waals surface area contributed by atoms with Gasteiger partial charge in [-0.25, -0.2) is 0 Å². The number of rotatable bonds is 9. The van der Waals surface area contributed by atoms with Crippen molar-refractivity contribution in [2.75, 3.05) is 0 Å². The van der Waals surface area contributed by atoms with Crippen LogP contribution in [-0.2, 0) is 0 Å². The second-order valence-corrected chi connectivity index (χ2v) is 25.8. The van der Waals surface area contributed by atoms with Crippen molar-refractivity contribution in [2.24, 2.45) is 10.8 Å². The summed E-state index contributed by atoms with van der Waals surface area (Å²) >= 11 is 0. The zero-order valence-electron chi connectivity index (χ0n) is 24.9. The predicted molar refractivity (Wildman–Crippen MR) is 165 cm³/mol. The zero-order valence-corrected chi connectivity index (χ0v) is 27.9. The van der Waals surface area contributed by atoms with Crippen molar-refractivity contribution in [1.82, 2.24) is 0 Å². The summed E-state index contributed by atoms with van der Waals surface area (Å²) < 4.78 is 0. The molecule has 0 atom stereocenters. The third kappa shape index (κ3) is 9.50. The van der Waals surface area contributed by atoms with Crippen LogP contribution >= 0.6 is 0 Å². The van der Waals surface area contributed by atoms with Gasteiger partial charge in [0.2, 0.25) is 5.41 Å². The molecule has 3 heteroatoms. The molecule has 34 heavy (non-hydrogen) atoms. The molecule has 0 spiro atoms. The van der Waals surface area contributed by atoms with Crippen molar-refractivity contribution in [2.45, 2.75) is 137 Å². The number of hydrogen-bond acceptors (Lipinski definition) is 0. The topological polar surface area (TPSA) is 0 Å². The maximum absolute atomic E-state index is 3.85. The molecule has 0 aliphatic carbocycles. The van der Waals surface area contributed by atoms with Gasteiger partial charge < -0.3 is 0 Å². The average molecular weight is 511 g/mol. The van der Waals surface area contributed by atoms with E-state index in [0.717, 1.165) is 0 Å². The summed E-state index contributed by atoms with van der Waals surface area (Å²) in [7, 11) is -4.93. The van der Waals surface area contributed by atoms with Crippen molar-refractivity contribution < 1.29 is 0 Å². The Balaban J connectivity index is 7.48. The molecule has 0 rings (SSSR count). The van der Waals surface area contributed by atoms with E-state index in [1.165, 1.54) is 54.4 Å². The molecule has 0 unspecified atom stereocenters. The quantitative estimate of drug-likeness (QED) is 0.214. The minimum absolute atomic E-state index is 0.103. The highest BCUT2D eigenvalue weighted by molar-refractivity contribution is 6.88. The molecule has 0 saturated carbocycles. The van der Waals surface area contributed by atoms with E-state index in [0.29, 0.717) is 0 Å². The van der Waals surface area contributed by atoms with Gasteiger partial charge in [-0.1, -0.05) is 91.9 Å². The lowest BCUT2D eigenvalue weighted by Gasteiger charge is -2.24. The van der Waals surface area contributed by atoms with E-state index in [1.54, 1.807) is 0 Å². The highest BCUT2D eigenvalue weighted by Crippen LogP contribution is 2.26. The van der Waals surface area contributed by atoms with Crippen LogP contribution in [0.25, 0.3) is 0 Å². The summed E-state index contributed by atoms with van der Waals surface area (Å²) in [6, 6.07) is 10.7. The highest BCUT2D eigenvalue weighted by Gasteiger charge is 2.31. The minimum atomic E-state index is -1.64. The Morgan fingerprint density at radius 2 is 0.618 bits per heavy atom. The summed E-state index contributed by atoms with van der Waals surface area (Å²) in [6.07, 6.45) is 0. The maximum atomic E-state index is 3.85. The first kappa shape index (κ1) is 32.9. The van der Waals surface area contributed by atoms with E-state index >= 15 is 0 Å². The molecule has 0 aromatic heterocycles. The average Bonchev–Trinajstić information content (AvgIpc) is 2.85. The van der Waals surface area contributed by atoms with Crippen LogP contribution in [0.5, 0.6) is 0 Å². The van der Waals surface area contributed by atoms with E-state index < -0.39 is 29.6 Å². The molecule has 0 aromatic rings. The van der Waals surface area contributed by atoms with Crippen molar-refractivity contribution in [3.05, 3.63) is 0 Å². The van der Waals surface area contributed by atoms with Crippen LogP contribution in [0.2, 0.25) is 54.4 Å². The standard InChI is InChI=1S/C31H54Si3/c1-13-32(14-2,15-3)27-24-31(23-22-30(10,11)12,25-28-33(16-4,17-5)18-6)26-29-34(19-7,20-8)21-9/h13-21H2,1-12H3. The Morgan fingerprint density at radius 3 is 0.794 bits per heavy atom. The summed E-state index contributed by atoms with van der Waals surface area (Å²) in [6.45, 7) is 27.4. The second kappa shape index (κ2) is 14.5. The van der Waals surface area contributed by atoms with Crippen LogP contribution in [0.15, 0.2) is 0 Å². The van der Waals surface area contributed by atoms with Crippen LogP contribution < -0.4 is 0 Å². The molecule has 190 valence electrons. The first-order valence-electron chi connectivity index (χ1n) is 14.0. The van der Waals surface area contributed by atoms with Gasteiger partial charge in [0, 0.05) is 5.41 Å². The fourth-order valence-electron chi connectivity index (χ4n) is 4.19. The van der Waals surface area contributed by atoms with Gasteiger partial charge in [0.1, 0.15) is 24.2 Å². The van der Waals surface area contributed by atoms with Crippen LogP contribution in [0, 0.1) is 57.1 Å². The van der Waals surface area contributed by atoms with Gasteiger partial charge in [-0.2, -0.15) is 0 Å². The van der Waals surface area contributed by atoms with Crippen LogP contribution in [0.4, 0.5) is 0 Å². The molecule has 0 bridgehead atoms. The lowest BCUT2D eigenvalue weighted by molar-refractivity contribution is 0.569. The van der Waals surface area contributed by atoms with E-state index in [4.69, 9.17) is 0 Å². The molecule has 0 heterocycles. The third-order valence-electron chi connectivity index (χ3n) is 8.26. The molecule has 0 nitrogen and oxygen atoms in total. The monoisotopic (exact) mass is 510 g/mol. The van der Waals surface area contributed by atoms with Gasteiger partial charge in [-0.3, -0.25) is 0 Å². The SMILES string of the molecule is CC[Si](C#CC(C#CC(C)(C)C)(C#C[Si](CC)(CC)CC)C#C[Si](CC)(CC)CC)(CC)CC. The minimum Gasteiger partial charge on any atom is -0.128 e. The van der Waals surface area contributed by atoms with Crippen LogP contribution in [-0.4, -0.2) is 24.2 Å². The summed E-state index contributed by atoms with van der Waals surface area (Å²) in [5.41, 5.74) is 10.6. The van der Waals surface area contributed by atoms with E-state index in [2.05, 4.69) is 129 Å². The van der Waals surface area contributed by atoms with Crippen LogP contribution in [0.1, 0.15) is 83.1 Å². The first-order valence-corrected chi connectivity index (χ1v) is 21.9. The van der Waals surface area contributed by atoms with Gasteiger partial charge in [0.15, 0.2) is 0 Å². The Hall–Kier alpha value is -1.11. The van der Waals surface area contributed by atoms with Crippen molar-refractivity contribution in [3.8, 4) is 46.2 Å². The molecule has 0 aromatic carbocycles. The molecule has 0 amide bonds. The van der Waals surface area contributed by atoms with Gasteiger partial charge in [0.05, 0.1) is 0 Å². The Bertz CT molecular complexity index is 745. The molecule has 0 aliphatic rings. The van der Waals surface area contributed by atoms with Gasteiger partial charge in [-0.15, -0.1) is 16.6 Å². The smallest absolute Gasteiger partial charge is 0.128 e. The van der Waals surface area contributed by atoms with Gasteiger partial charge in [0.25, 0.3) is 0 Å². The van der Waals surface area contributed by atoms with E-state index in [1.807, 2.05) is 0 Å². The molecular formula is C31H54Si3. The zero-order chi connectivity index (χ0) is 26.5. The molecule has 0 aliphatic heterocycles. The lowest BCUT2D eigenvalue weighted by Crippen LogP contribution is -2.32. The van der Waals surface area contributed by atoms with E-state index in [-0.39, 0.29) is 5.41 Å². The Morgan fingerprint density at radius 1 is 0.382 bits per heavy atom. The third-order valence-corrected chi connectivity index (χ3v) is 22.4. The van der Waals surface area contributed by atoms with Crippen LogP contribution in [0.3, 0.4) is 0 Å². The Kier molecular flexibility index (Phi) is 14.0. The molecule has 0 radical (unpaired) electrons. The number of hydrogen-bond donors (Lipinski definition) is 0. The fourth-order valence-corrected chi connectivity index (χ4v) is 11.6. The predicted octanol–water partition coefficient (Wildman–Crippen LogP) is 9.18. The van der Waals surface area contributed by atoms with Gasteiger partial charge in [-0.05, 0) is 75.2 Å². The van der Waals surface area contributed by atoms with Crippen molar-refractivity contribution in [1.29, 1.82) is 0 Å². The molecular weight excluding hydrogens is 457 g/mol. The summed E-state index contributed by atoms with van der Waals surface area (Å²) in [4.78, 5) is 0. The van der Waals surface area contributed by atoms with Gasteiger partial charge >= 0.3 is 0 Å². The summed E-state index contributed by atoms with van der Waals surface area (Å²) in [5, 5.41) is 0. The van der Waals surface area contributed by atoms with Crippen molar-refractivity contribution in [3.63, 3.8) is 0 Å². The second-order valence-electron chi connectivity index (χ2n) is 11.0. The first-order chi connectivity index (χ1) is 15.9. The highest BCUT2D eigenvalue weighted by atomic mass is 28.3.